The summed E-state index contributed by atoms with van der Waals surface area (Å²) < 4.78 is 10.7. The predicted molar refractivity (Wildman–Crippen MR) is 96.6 cm³/mol. The summed E-state index contributed by atoms with van der Waals surface area (Å²) in [4.78, 5) is 0. The van der Waals surface area contributed by atoms with Crippen molar-refractivity contribution < 1.29 is 9.47 Å². The second kappa shape index (κ2) is 7.27. The van der Waals surface area contributed by atoms with Crippen molar-refractivity contribution in [2.45, 2.75) is 25.4 Å². The maximum Gasteiger partial charge on any atom is 0.161 e. The van der Waals surface area contributed by atoms with E-state index in [1.54, 1.807) is 14.2 Å². The SMILES string of the molecule is COc1ccc([C@H](C#N)N2N=C(C)C[C@H]2c2ccccc2)cc1OC. The van der Waals surface area contributed by atoms with E-state index in [-0.39, 0.29) is 6.04 Å². The Bertz CT molecular complexity index is 811. The molecule has 128 valence electrons. The lowest BCUT2D eigenvalue weighted by Crippen LogP contribution is -2.24. The quantitative estimate of drug-likeness (QED) is 0.826. The molecule has 3 rings (SSSR count). The van der Waals surface area contributed by atoms with E-state index < -0.39 is 6.04 Å². The second-order valence-corrected chi connectivity index (χ2v) is 5.99. The first kappa shape index (κ1) is 16.8. The summed E-state index contributed by atoms with van der Waals surface area (Å²) in [5.41, 5.74) is 3.01. The molecule has 0 unspecified atom stereocenters. The number of hydrogen-bond donors (Lipinski definition) is 0. The molecule has 1 aliphatic heterocycles. The monoisotopic (exact) mass is 335 g/mol. The molecular weight excluding hydrogens is 314 g/mol. The Balaban J connectivity index is 1.98. The van der Waals surface area contributed by atoms with Crippen LogP contribution in [0.15, 0.2) is 53.6 Å². The minimum Gasteiger partial charge on any atom is -0.493 e. The van der Waals surface area contributed by atoms with Gasteiger partial charge in [-0.1, -0.05) is 36.4 Å². The summed E-state index contributed by atoms with van der Waals surface area (Å²) in [5, 5.41) is 16.4. The van der Waals surface area contributed by atoms with Crippen molar-refractivity contribution >= 4 is 5.71 Å². The highest BCUT2D eigenvalue weighted by Gasteiger charge is 2.33. The van der Waals surface area contributed by atoms with Crippen LogP contribution in [0.2, 0.25) is 0 Å². The molecule has 1 heterocycles. The van der Waals surface area contributed by atoms with Gasteiger partial charge in [-0.05, 0) is 30.2 Å². The minimum absolute atomic E-state index is 0.0546. The van der Waals surface area contributed by atoms with Crippen molar-refractivity contribution in [1.82, 2.24) is 5.01 Å². The zero-order chi connectivity index (χ0) is 17.8. The summed E-state index contributed by atoms with van der Waals surface area (Å²) in [7, 11) is 3.19. The molecule has 0 spiro atoms. The van der Waals surface area contributed by atoms with E-state index in [1.807, 2.05) is 48.3 Å². The van der Waals surface area contributed by atoms with E-state index in [9.17, 15) is 5.26 Å². The van der Waals surface area contributed by atoms with Gasteiger partial charge in [0.25, 0.3) is 0 Å². The molecule has 0 amide bonds. The highest BCUT2D eigenvalue weighted by Crippen LogP contribution is 2.39. The standard InChI is InChI=1S/C20H21N3O2/c1-14-11-17(15-7-5-4-6-8-15)23(22-14)18(13-21)16-9-10-19(24-2)20(12-16)25-3/h4-10,12,17-18H,11H2,1-3H3/t17-,18-/m0/s1. The van der Waals surface area contributed by atoms with Crippen molar-refractivity contribution in [1.29, 1.82) is 5.26 Å². The Labute approximate surface area is 148 Å². The van der Waals surface area contributed by atoms with E-state index in [2.05, 4.69) is 23.3 Å². The van der Waals surface area contributed by atoms with E-state index in [0.29, 0.717) is 11.5 Å². The van der Waals surface area contributed by atoms with Crippen molar-refractivity contribution in [3.63, 3.8) is 0 Å². The number of nitriles is 1. The fourth-order valence-corrected chi connectivity index (χ4v) is 3.17. The molecule has 0 saturated carbocycles. The van der Waals surface area contributed by atoms with Crippen LogP contribution in [0.3, 0.4) is 0 Å². The summed E-state index contributed by atoms with van der Waals surface area (Å²) in [6, 6.07) is 17.7. The van der Waals surface area contributed by atoms with Crippen LogP contribution in [0.5, 0.6) is 11.5 Å². The zero-order valence-electron chi connectivity index (χ0n) is 14.6. The smallest absolute Gasteiger partial charge is 0.161 e. The van der Waals surface area contributed by atoms with Gasteiger partial charge in [-0.2, -0.15) is 10.4 Å². The molecule has 2 aromatic carbocycles. The van der Waals surface area contributed by atoms with Crippen molar-refractivity contribution in [3.05, 3.63) is 59.7 Å². The van der Waals surface area contributed by atoms with Gasteiger partial charge in [-0.3, -0.25) is 5.01 Å². The molecule has 0 radical (unpaired) electrons. The lowest BCUT2D eigenvalue weighted by Gasteiger charge is -2.28. The molecule has 25 heavy (non-hydrogen) atoms. The summed E-state index contributed by atoms with van der Waals surface area (Å²) in [6.45, 7) is 2.00. The zero-order valence-corrected chi connectivity index (χ0v) is 14.6. The van der Waals surface area contributed by atoms with E-state index >= 15 is 0 Å². The Morgan fingerprint density at radius 1 is 1.12 bits per heavy atom. The Kier molecular flexibility index (Phi) is 4.90. The normalized spacial score (nSPS) is 17.6. The predicted octanol–water partition coefficient (Wildman–Crippen LogP) is 4.09. The van der Waals surface area contributed by atoms with Crippen LogP contribution in [0, 0.1) is 11.3 Å². The fraction of sp³-hybridized carbons (Fsp3) is 0.300. The molecule has 5 nitrogen and oxygen atoms in total. The maximum absolute atomic E-state index is 9.85. The molecule has 0 saturated heterocycles. The highest BCUT2D eigenvalue weighted by atomic mass is 16.5. The van der Waals surface area contributed by atoms with Crippen molar-refractivity contribution in [3.8, 4) is 17.6 Å². The second-order valence-electron chi connectivity index (χ2n) is 5.99. The number of hydrogen-bond acceptors (Lipinski definition) is 5. The third kappa shape index (κ3) is 3.29. The third-order valence-corrected chi connectivity index (χ3v) is 4.39. The summed E-state index contributed by atoms with van der Waals surface area (Å²) in [6.07, 6.45) is 0.815. The minimum atomic E-state index is -0.498. The molecule has 1 aliphatic rings. The van der Waals surface area contributed by atoms with E-state index in [4.69, 9.17) is 9.47 Å². The molecule has 0 aromatic heterocycles. The molecule has 0 N–H and O–H groups in total. The van der Waals surface area contributed by atoms with Gasteiger partial charge >= 0.3 is 0 Å². The van der Waals surface area contributed by atoms with Gasteiger partial charge in [0.15, 0.2) is 17.5 Å². The number of benzene rings is 2. The van der Waals surface area contributed by atoms with Gasteiger partial charge in [0.05, 0.1) is 26.3 Å². The molecule has 0 fully saturated rings. The average Bonchev–Trinajstić information content (AvgIpc) is 3.04. The van der Waals surface area contributed by atoms with Gasteiger partial charge in [-0.15, -0.1) is 0 Å². The molecule has 0 aliphatic carbocycles. The van der Waals surface area contributed by atoms with Crippen LogP contribution in [0.1, 0.15) is 36.6 Å². The van der Waals surface area contributed by atoms with Gasteiger partial charge < -0.3 is 9.47 Å². The number of nitrogens with zero attached hydrogens (tertiary/aromatic N) is 3. The van der Waals surface area contributed by atoms with Gasteiger partial charge in [0.2, 0.25) is 0 Å². The number of rotatable bonds is 5. The summed E-state index contributed by atoms with van der Waals surface area (Å²) in [5.74, 6) is 1.25. The largest absolute Gasteiger partial charge is 0.493 e. The first-order chi connectivity index (χ1) is 12.2. The van der Waals surface area contributed by atoms with Gasteiger partial charge in [0, 0.05) is 12.1 Å². The third-order valence-electron chi connectivity index (χ3n) is 4.39. The topological polar surface area (TPSA) is 57.8 Å². The van der Waals surface area contributed by atoms with Gasteiger partial charge in [-0.25, -0.2) is 0 Å². The average molecular weight is 335 g/mol. The van der Waals surface area contributed by atoms with Crippen LogP contribution in [0.25, 0.3) is 0 Å². The fourth-order valence-electron chi connectivity index (χ4n) is 3.17. The first-order valence-corrected chi connectivity index (χ1v) is 8.16. The van der Waals surface area contributed by atoms with Crippen molar-refractivity contribution in [2.24, 2.45) is 5.10 Å². The Morgan fingerprint density at radius 3 is 2.48 bits per heavy atom. The molecule has 5 heteroatoms. The van der Waals surface area contributed by atoms with E-state index in [0.717, 1.165) is 23.3 Å². The van der Waals surface area contributed by atoms with Crippen LogP contribution in [-0.2, 0) is 0 Å². The summed E-state index contributed by atoms with van der Waals surface area (Å²) >= 11 is 0. The van der Waals surface area contributed by atoms with E-state index in [1.165, 1.54) is 0 Å². The highest BCUT2D eigenvalue weighted by molar-refractivity contribution is 5.84. The van der Waals surface area contributed by atoms with Crippen LogP contribution in [-0.4, -0.2) is 24.9 Å². The lowest BCUT2D eigenvalue weighted by molar-refractivity contribution is 0.196. The van der Waals surface area contributed by atoms with Crippen LogP contribution >= 0.6 is 0 Å². The van der Waals surface area contributed by atoms with Gasteiger partial charge in [0.1, 0.15) is 0 Å². The molecule has 0 bridgehead atoms. The molecule has 2 atom stereocenters. The maximum atomic E-state index is 9.85. The first-order valence-electron chi connectivity index (χ1n) is 8.16. The van der Waals surface area contributed by atoms with Crippen LogP contribution < -0.4 is 9.47 Å². The number of hydrazone groups is 1. The van der Waals surface area contributed by atoms with Crippen LogP contribution in [0.4, 0.5) is 0 Å². The molecular formula is C20H21N3O2. The lowest BCUT2D eigenvalue weighted by atomic mass is 9.99. The Hall–Kier alpha value is -3.00. The van der Waals surface area contributed by atoms with Crippen molar-refractivity contribution in [2.75, 3.05) is 14.2 Å². The number of methoxy groups -OCH3 is 2. The molecule has 2 aromatic rings. The Morgan fingerprint density at radius 2 is 1.84 bits per heavy atom. The number of ether oxygens (including phenoxy) is 2.